The van der Waals surface area contributed by atoms with Gasteiger partial charge < -0.3 is 10.1 Å². The first-order valence-corrected chi connectivity index (χ1v) is 8.91. The third-order valence-electron chi connectivity index (χ3n) is 3.52. The number of ether oxygens (including phenoxy) is 1. The lowest BCUT2D eigenvalue weighted by Gasteiger charge is -2.19. The molecule has 142 valence electrons. The number of rotatable bonds is 7. The zero-order chi connectivity index (χ0) is 20.0. The first-order valence-electron chi connectivity index (χ1n) is 8.12. The molecule has 0 radical (unpaired) electrons. The van der Waals surface area contributed by atoms with Gasteiger partial charge in [0.05, 0.1) is 34.6 Å². The van der Waals surface area contributed by atoms with Crippen LogP contribution in [0.15, 0.2) is 47.2 Å². The quantitative estimate of drug-likeness (QED) is 0.404. The van der Waals surface area contributed by atoms with Crippen LogP contribution in [0.1, 0.15) is 42.2 Å². The van der Waals surface area contributed by atoms with Crippen molar-refractivity contribution in [1.29, 1.82) is 0 Å². The van der Waals surface area contributed by atoms with Gasteiger partial charge in [0.1, 0.15) is 0 Å². The maximum absolute atomic E-state index is 12.6. The molecule has 1 aromatic carbocycles. The lowest BCUT2D eigenvalue weighted by atomic mass is 10.0. The Hall–Kier alpha value is -2.81. The highest BCUT2D eigenvalue weighted by molar-refractivity contribution is 9.10. The molecule has 1 heterocycles. The van der Waals surface area contributed by atoms with Gasteiger partial charge in [-0.05, 0) is 35.8 Å². The van der Waals surface area contributed by atoms with Crippen molar-refractivity contribution in [2.24, 2.45) is 0 Å². The zero-order valence-corrected chi connectivity index (χ0v) is 16.3. The molecule has 0 saturated carbocycles. The van der Waals surface area contributed by atoms with Gasteiger partial charge in [-0.15, -0.1) is 0 Å². The van der Waals surface area contributed by atoms with Crippen molar-refractivity contribution >= 4 is 33.5 Å². The second kappa shape index (κ2) is 9.22. The number of hydrogen-bond donors (Lipinski definition) is 1. The van der Waals surface area contributed by atoms with Crippen molar-refractivity contribution in [2.45, 2.75) is 32.4 Å². The summed E-state index contributed by atoms with van der Waals surface area (Å²) >= 11 is 3.23. The predicted molar refractivity (Wildman–Crippen MR) is 101 cm³/mol. The Bertz CT molecular complexity index is 856. The van der Waals surface area contributed by atoms with Gasteiger partial charge in [0.2, 0.25) is 0 Å². The van der Waals surface area contributed by atoms with Gasteiger partial charge in [-0.25, -0.2) is 0 Å². The summed E-state index contributed by atoms with van der Waals surface area (Å²) in [6.07, 6.45) is 2.31. The lowest BCUT2D eigenvalue weighted by Crippen LogP contribution is -2.31. The van der Waals surface area contributed by atoms with E-state index in [2.05, 4.69) is 26.2 Å². The molecule has 0 spiro atoms. The maximum Gasteiger partial charge on any atom is 0.308 e. The van der Waals surface area contributed by atoms with Gasteiger partial charge >= 0.3 is 5.97 Å². The van der Waals surface area contributed by atoms with Crippen LogP contribution in [0.5, 0.6) is 0 Å². The minimum atomic E-state index is -0.927. The molecule has 1 unspecified atom stereocenters. The molecule has 1 aromatic heterocycles. The van der Waals surface area contributed by atoms with E-state index in [1.54, 1.807) is 26.0 Å². The SMILES string of the molecule is CC(C)OC(=O)CC(NC(=O)c1cncc(Br)c1)c1ccccc1[N+](=O)[O-]. The minimum absolute atomic E-state index is 0.187. The van der Waals surface area contributed by atoms with Crippen LogP contribution in [0.3, 0.4) is 0 Å². The molecule has 1 atom stereocenters. The number of halogens is 1. The number of nitrogens with one attached hydrogen (secondary N) is 1. The molecule has 1 amide bonds. The summed E-state index contributed by atoms with van der Waals surface area (Å²) in [5.74, 6) is -1.08. The summed E-state index contributed by atoms with van der Waals surface area (Å²) in [5, 5.41) is 14.0. The molecule has 0 aliphatic carbocycles. The van der Waals surface area contributed by atoms with Gasteiger partial charge in [-0.2, -0.15) is 0 Å². The predicted octanol–water partition coefficient (Wildman–Crippen LogP) is 3.57. The third kappa shape index (κ3) is 5.85. The molecule has 0 aliphatic rings. The van der Waals surface area contributed by atoms with Crippen LogP contribution < -0.4 is 5.32 Å². The summed E-state index contributed by atoms with van der Waals surface area (Å²) < 4.78 is 5.74. The number of pyridine rings is 1. The molecule has 0 aliphatic heterocycles. The molecular formula is C18H18BrN3O5. The van der Waals surface area contributed by atoms with Crippen LogP contribution >= 0.6 is 15.9 Å². The van der Waals surface area contributed by atoms with Crippen LogP contribution in [0.2, 0.25) is 0 Å². The topological polar surface area (TPSA) is 111 Å². The van der Waals surface area contributed by atoms with Gasteiger partial charge in [-0.3, -0.25) is 24.7 Å². The molecule has 2 aromatic rings. The molecule has 27 heavy (non-hydrogen) atoms. The van der Waals surface area contributed by atoms with E-state index in [-0.39, 0.29) is 29.3 Å². The number of carbonyl (C=O) groups excluding carboxylic acids is 2. The average molecular weight is 436 g/mol. The van der Waals surface area contributed by atoms with E-state index in [0.29, 0.717) is 4.47 Å². The minimum Gasteiger partial charge on any atom is -0.463 e. The fourth-order valence-electron chi connectivity index (χ4n) is 2.44. The van der Waals surface area contributed by atoms with Gasteiger partial charge in [0, 0.05) is 22.9 Å². The second-order valence-electron chi connectivity index (χ2n) is 5.98. The summed E-state index contributed by atoms with van der Waals surface area (Å²) in [6, 6.07) is 6.59. The van der Waals surface area contributed by atoms with Crippen LogP contribution in [-0.4, -0.2) is 27.9 Å². The number of hydrogen-bond acceptors (Lipinski definition) is 6. The van der Waals surface area contributed by atoms with E-state index in [4.69, 9.17) is 4.74 Å². The normalized spacial score (nSPS) is 11.7. The van der Waals surface area contributed by atoms with E-state index in [1.165, 1.54) is 30.6 Å². The number of carbonyl (C=O) groups is 2. The number of nitro groups is 1. The van der Waals surface area contributed by atoms with Gasteiger partial charge in [0.15, 0.2) is 0 Å². The molecule has 2 rings (SSSR count). The van der Waals surface area contributed by atoms with Crippen LogP contribution in [0.25, 0.3) is 0 Å². The van der Waals surface area contributed by atoms with E-state index in [1.807, 2.05) is 0 Å². The number of esters is 1. The Morgan fingerprint density at radius 1 is 1.30 bits per heavy atom. The molecule has 0 saturated heterocycles. The fraction of sp³-hybridized carbons (Fsp3) is 0.278. The first kappa shape index (κ1) is 20.5. The Labute approximate surface area is 164 Å². The Kier molecular flexibility index (Phi) is 7.00. The lowest BCUT2D eigenvalue weighted by molar-refractivity contribution is -0.385. The maximum atomic E-state index is 12.6. The highest BCUT2D eigenvalue weighted by Crippen LogP contribution is 2.28. The average Bonchev–Trinajstić information content (AvgIpc) is 2.60. The van der Waals surface area contributed by atoms with Crippen LogP contribution in [0, 0.1) is 10.1 Å². The summed E-state index contributed by atoms with van der Waals surface area (Å²) in [7, 11) is 0. The molecule has 0 bridgehead atoms. The van der Waals surface area contributed by atoms with Crippen LogP contribution in [0.4, 0.5) is 5.69 Å². The zero-order valence-electron chi connectivity index (χ0n) is 14.7. The van der Waals surface area contributed by atoms with Crippen LogP contribution in [-0.2, 0) is 9.53 Å². The fourth-order valence-corrected chi connectivity index (χ4v) is 2.81. The molecular weight excluding hydrogens is 418 g/mol. The van der Waals surface area contributed by atoms with E-state index >= 15 is 0 Å². The molecule has 0 fully saturated rings. The van der Waals surface area contributed by atoms with Crippen molar-refractivity contribution in [3.8, 4) is 0 Å². The summed E-state index contributed by atoms with van der Waals surface area (Å²) in [4.78, 5) is 39.4. The molecule has 1 N–H and O–H groups in total. The number of nitrogens with zero attached hydrogens (tertiary/aromatic N) is 2. The van der Waals surface area contributed by atoms with E-state index in [9.17, 15) is 19.7 Å². The second-order valence-corrected chi connectivity index (χ2v) is 6.89. The first-order chi connectivity index (χ1) is 12.8. The summed E-state index contributed by atoms with van der Waals surface area (Å²) in [6.45, 7) is 3.40. The number of para-hydroxylation sites is 1. The standard InChI is InChI=1S/C18H18BrN3O5/c1-11(2)27-17(23)8-15(14-5-3-4-6-16(14)22(25)26)21-18(24)12-7-13(19)10-20-9-12/h3-7,9-11,15H,8H2,1-2H3,(H,21,24). The number of amides is 1. The van der Waals surface area contributed by atoms with Crippen molar-refractivity contribution in [3.05, 3.63) is 68.4 Å². The van der Waals surface area contributed by atoms with Crippen molar-refractivity contribution in [3.63, 3.8) is 0 Å². The van der Waals surface area contributed by atoms with Gasteiger partial charge in [0.25, 0.3) is 11.6 Å². The van der Waals surface area contributed by atoms with E-state index in [0.717, 1.165) is 0 Å². The highest BCUT2D eigenvalue weighted by Gasteiger charge is 2.27. The van der Waals surface area contributed by atoms with E-state index < -0.39 is 22.8 Å². The van der Waals surface area contributed by atoms with Gasteiger partial charge in [-0.1, -0.05) is 18.2 Å². The monoisotopic (exact) mass is 435 g/mol. The molecule has 8 nitrogen and oxygen atoms in total. The van der Waals surface area contributed by atoms with Crippen molar-refractivity contribution in [2.75, 3.05) is 0 Å². The molecule has 9 heteroatoms. The van der Waals surface area contributed by atoms with Crippen molar-refractivity contribution < 1.29 is 19.2 Å². The Morgan fingerprint density at radius 2 is 2.00 bits per heavy atom. The smallest absolute Gasteiger partial charge is 0.308 e. The number of benzene rings is 1. The Morgan fingerprint density at radius 3 is 2.63 bits per heavy atom. The Balaban J connectivity index is 2.34. The number of aromatic nitrogens is 1. The third-order valence-corrected chi connectivity index (χ3v) is 3.95. The largest absolute Gasteiger partial charge is 0.463 e. The highest BCUT2D eigenvalue weighted by atomic mass is 79.9. The summed E-state index contributed by atoms with van der Waals surface area (Å²) in [5.41, 5.74) is 0.289. The van der Waals surface area contributed by atoms with Crippen molar-refractivity contribution in [1.82, 2.24) is 10.3 Å². The number of nitro benzene ring substituents is 1.